The average Bonchev–Trinajstić information content (AvgIpc) is 2.92. The topological polar surface area (TPSA) is 43.6 Å². The quantitative estimate of drug-likeness (QED) is 0.444. The summed E-state index contributed by atoms with van der Waals surface area (Å²) in [5.74, 6) is 0. The van der Waals surface area contributed by atoms with Gasteiger partial charge in [0.15, 0.2) is 0 Å². The zero-order chi connectivity index (χ0) is 13.8. The summed E-state index contributed by atoms with van der Waals surface area (Å²) in [6, 6.07) is 17.3. The second-order valence-corrected chi connectivity index (χ2v) is 4.97. The fourth-order valence-electron chi connectivity index (χ4n) is 1.99. The Kier molecular flexibility index (Phi) is 3.92. The van der Waals surface area contributed by atoms with Crippen molar-refractivity contribution in [2.45, 2.75) is 11.5 Å². The van der Waals surface area contributed by atoms with Crippen LogP contribution < -0.4 is 4.99 Å². The first-order valence-corrected chi connectivity index (χ1v) is 6.89. The van der Waals surface area contributed by atoms with E-state index in [1.54, 1.807) is 6.20 Å². The van der Waals surface area contributed by atoms with Crippen LogP contribution in [0.3, 0.4) is 0 Å². The molecule has 102 valence electrons. The van der Waals surface area contributed by atoms with Gasteiger partial charge in [0.2, 0.25) is 0 Å². The van der Waals surface area contributed by atoms with Crippen LogP contribution in [-0.4, -0.2) is 9.84 Å². The van der Waals surface area contributed by atoms with Crippen LogP contribution in [0.25, 0.3) is 10.9 Å². The van der Waals surface area contributed by atoms with Crippen molar-refractivity contribution in [3.05, 3.63) is 66.4 Å². The monoisotopic (exact) mass is 287 g/mol. The third-order valence-electron chi connectivity index (χ3n) is 2.92. The fourth-order valence-corrected chi connectivity index (χ4v) is 2.43. The van der Waals surface area contributed by atoms with Crippen LogP contribution in [0.1, 0.15) is 5.56 Å². The number of aliphatic hydroxyl groups excluding tert-OH is 1. The van der Waals surface area contributed by atoms with Crippen LogP contribution >= 0.6 is 12.0 Å². The predicted molar refractivity (Wildman–Crippen MR) is 77.8 cm³/mol. The van der Waals surface area contributed by atoms with E-state index < -0.39 is 0 Å². The number of aromatic nitrogens is 1. The Morgan fingerprint density at radius 3 is 2.65 bits per heavy atom. The first kappa shape index (κ1) is 13.1. The summed E-state index contributed by atoms with van der Waals surface area (Å²) in [5.41, 5.74) is 1.60. The van der Waals surface area contributed by atoms with Gasteiger partial charge < -0.3 is 5.11 Å². The van der Waals surface area contributed by atoms with E-state index >= 15 is 0 Å². The van der Waals surface area contributed by atoms with Crippen molar-refractivity contribution >= 4 is 22.9 Å². The van der Waals surface area contributed by atoms with Crippen LogP contribution in [-0.2, 0) is 10.9 Å². The molecule has 2 aromatic carbocycles. The lowest BCUT2D eigenvalue weighted by atomic mass is 10.1. The Morgan fingerprint density at radius 1 is 1.00 bits per heavy atom. The molecule has 1 N–H and O–H groups in total. The number of fused-ring (bicyclic) bond motifs is 1. The Hall–Kier alpha value is -1.95. The van der Waals surface area contributed by atoms with Gasteiger partial charge in [0.25, 0.3) is 0 Å². The Morgan fingerprint density at radius 2 is 1.85 bits per heavy atom. The Bertz CT molecular complexity index is 697. The number of para-hydroxylation sites is 1. The van der Waals surface area contributed by atoms with Crippen molar-refractivity contribution in [3.8, 4) is 0 Å². The molecule has 0 fully saturated rings. The zero-order valence-electron chi connectivity index (χ0n) is 10.6. The summed E-state index contributed by atoms with van der Waals surface area (Å²) < 4.78 is 6.68. The molecule has 0 saturated carbocycles. The smallest absolute Gasteiger partial charge is 0.0960 e. The first-order chi connectivity index (χ1) is 9.88. The van der Waals surface area contributed by atoms with Gasteiger partial charge in [-0.1, -0.05) is 40.7 Å². The van der Waals surface area contributed by atoms with E-state index in [1.807, 2.05) is 54.6 Å². The molecule has 3 rings (SSSR count). The SMILES string of the molecule is OCc1cccc2ccn(OOSc3ccccc3)c12. The molecular formula is C15H13NO3S. The van der Waals surface area contributed by atoms with Gasteiger partial charge in [0, 0.05) is 22.0 Å². The van der Waals surface area contributed by atoms with Gasteiger partial charge in [0.05, 0.1) is 24.2 Å². The maximum atomic E-state index is 9.37. The van der Waals surface area contributed by atoms with Crippen molar-refractivity contribution in [1.82, 2.24) is 4.73 Å². The van der Waals surface area contributed by atoms with Crippen LogP contribution in [0.15, 0.2) is 65.7 Å². The number of hydrogen-bond donors (Lipinski definition) is 1. The third kappa shape index (κ3) is 2.65. The molecule has 0 atom stereocenters. The molecule has 3 aromatic rings. The predicted octanol–water partition coefficient (Wildman–Crippen LogP) is 3.20. The van der Waals surface area contributed by atoms with E-state index in [-0.39, 0.29) is 6.61 Å². The van der Waals surface area contributed by atoms with E-state index in [4.69, 9.17) is 9.32 Å². The van der Waals surface area contributed by atoms with Crippen molar-refractivity contribution in [2.75, 3.05) is 0 Å². The molecular weight excluding hydrogens is 274 g/mol. The van der Waals surface area contributed by atoms with Crippen molar-refractivity contribution < 1.29 is 14.4 Å². The maximum Gasteiger partial charge on any atom is 0.0960 e. The highest BCUT2D eigenvalue weighted by atomic mass is 32.2. The van der Waals surface area contributed by atoms with E-state index in [2.05, 4.69) is 0 Å². The third-order valence-corrected chi connectivity index (χ3v) is 3.51. The standard InChI is InChI=1S/C15H13NO3S/c17-11-13-6-4-5-12-9-10-16(15(12)13)18-19-20-14-7-2-1-3-8-14/h1-10,17H,11H2. The number of nitrogens with zero attached hydrogens (tertiary/aromatic N) is 1. The molecule has 0 amide bonds. The minimum Gasteiger partial charge on any atom is -0.392 e. The van der Waals surface area contributed by atoms with E-state index in [0.717, 1.165) is 33.4 Å². The van der Waals surface area contributed by atoms with Crippen LogP contribution in [0.5, 0.6) is 0 Å². The van der Waals surface area contributed by atoms with Crippen LogP contribution in [0, 0.1) is 0 Å². The maximum absolute atomic E-state index is 9.37. The number of rotatable bonds is 5. The lowest BCUT2D eigenvalue weighted by Crippen LogP contribution is -2.08. The van der Waals surface area contributed by atoms with Crippen LogP contribution in [0.4, 0.5) is 0 Å². The van der Waals surface area contributed by atoms with Crippen molar-refractivity contribution in [1.29, 1.82) is 0 Å². The summed E-state index contributed by atoms with van der Waals surface area (Å²) in [6.07, 6.45) is 1.76. The van der Waals surface area contributed by atoms with E-state index in [1.165, 1.54) is 4.73 Å². The van der Waals surface area contributed by atoms with E-state index in [9.17, 15) is 5.11 Å². The normalized spacial score (nSPS) is 10.8. The minimum absolute atomic E-state index is 0.0451. The van der Waals surface area contributed by atoms with Gasteiger partial charge >= 0.3 is 0 Å². The van der Waals surface area contributed by atoms with Gasteiger partial charge in [-0.2, -0.15) is 4.73 Å². The second-order valence-electron chi connectivity index (χ2n) is 4.19. The van der Waals surface area contributed by atoms with Crippen LogP contribution in [0.2, 0.25) is 0 Å². The lowest BCUT2D eigenvalue weighted by molar-refractivity contribution is -0.188. The van der Waals surface area contributed by atoms with Gasteiger partial charge in [-0.25, -0.2) is 4.99 Å². The Balaban J connectivity index is 1.75. The molecule has 0 aliphatic rings. The molecule has 4 nitrogen and oxygen atoms in total. The molecule has 0 spiro atoms. The number of benzene rings is 2. The molecule has 0 bridgehead atoms. The molecule has 0 saturated heterocycles. The lowest BCUT2D eigenvalue weighted by Gasteiger charge is -2.07. The highest BCUT2D eigenvalue weighted by Gasteiger charge is 2.07. The van der Waals surface area contributed by atoms with Gasteiger partial charge in [-0.3, -0.25) is 0 Å². The molecule has 0 aliphatic heterocycles. The summed E-state index contributed by atoms with van der Waals surface area (Å²) in [5, 5.41) is 10.4. The van der Waals surface area contributed by atoms with E-state index in [0.29, 0.717) is 0 Å². The fraction of sp³-hybridized carbons (Fsp3) is 0.0667. The van der Waals surface area contributed by atoms with Gasteiger partial charge in [-0.05, 0) is 18.2 Å². The summed E-state index contributed by atoms with van der Waals surface area (Å²) in [4.78, 5) is 6.22. The minimum atomic E-state index is -0.0451. The average molecular weight is 287 g/mol. The Labute approximate surface area is 120 Å². The highest BCUT2D eigenvalue weighted by Crippen LogP contribution is 2.21. The second kappa shape index (κ2) is 6.00. The molecule has 0 unspecified atom stereocenters. The first-order valence-electron chi connectivity index (χ1n) is 6.15. The molecule has 1 heterocycles. The molecule has 5 heteroatoms. The molecule has 0 radical (unpaired) electrons. The largest absolute Gasteiger partial charge is 0.392 e. The zero-order valence-corrected chi connectivity index (χ0v) is 11.4. The van der Waals surface area contributed by atoms with Crippen molar-refractivity contribution in [2.24, 2.45) is 0 Å². The van der Waals surface area contributed by atoms with Gasteiger partial charge in [-0.15, -0.1) is 0 Å². The summed E-state index contributed by atoms with van der Waals surface area (Å²) in [7, 11) is 0. The number of hydrogen-bond acceptors (Lipinski definition) is 4. The highest BCUT2D eigenvalue weighted by molar-refractivity contribution is 7.94. The summed E-state index contributed by atoms with van der Waals surface area (Å²) in [6.45, 7) is -0.0451. The molecule has 20 heavy (non-hydrogen) atoms. The number of aliphatic hydroxyl groups is 1. The summed E-state index contributed by atoms with van der Waals surface area (Å²) >= 11 is 1.14. The van der Waals surface area contributed by atoms with Crippen molar-refractivity contribution in [3.63, 3.8) is 0 Å². The molecule has 1 aromatic heterocycles. The van der Waals surface area contributed by atoms with Gasteiger partial charge in [0.1, 0.15) is 0 Å². The molecule has 0 aliphatic carbocycles.